The number of hydrogen-bond acceptors (Lipinski definition) is 15. The molecule has 4 aromatic rings. The lowest BCUT2D eigenvalue weighted by Gasteiger charge is -2.47. The Hall–Kier alpha value is -5.61. The van der Waals surface area contributed by atoms with Gasteiger partial charge in [0.2, 0.25) is 0 Å². The molecule has 0 bridgehead atoms. The van der Waals surface area contributed by atoms with E-state index in [-0.39, 0.29) is 25.2 Å². The topological polar surface area (TPSA) is 203 Å². The molecule has 3 aliphatic rings. The maximum Gasteiger partial charge on any atom is 0.416 e. The van der Waals surface area contributed by atoms with Crippen LogP contribution in [0.25, 0.3) is 11.3 Å². The second kappa shape index (κ2) is 24.4. The van der Waals surface area contributed by atoms with E-state index in [1.54, 1.807) is 76.0 Å². The van der Waals surface area contributed by atoms with Crippen LogP contribution < -0.4 is 0 Å². The van der Waals surface area contributed by atoms with E-state index in [1.165, 1.54) is 26.2 Å². The number of methoxy groups -OCH3 is 1. The lowest BCUT2D eigenvalue weighted by molar-refractivity contribution is -0.296. The number of esters is 1. The number of likely N-dealkylation sites (N-methyl/N-ethyl adjacent to an activating group) is 1. The first kappa shape index (κ1) is 58.1. The van der Waals surface area contributed by atoms with Crippen LogP contribution in [0.1, 0.15) is 104 Å². The molecular formula is C55H75F3N8O10. The monoisotopic (exact) mass is 1060 g/mol. The average molecular weight is 1070 g/mol. The van der Waals surface area contributed by atoms with Gasteiger partial charge >= 0.3 is 18.2 Å². The van der Waals surface area contributed by atoms with Crippen LogP contribution in [0.4, 0.5) is 18.0 Å². The van der Waals surface area contributed by atoms with Crippen LogP contribution in [0.3, 0.4) is 0 Å². The van der Waals surface area contributed by atoms with E-state index in [2.05, 4.69) is 20.3 Å². The molecule has 21 heteroatoms. The maximum absolute atomic E-state index is 15.0. The number of ether oxygens (including phenoxy) is 5. The summed E-state index contributed by atoms with van der Waals surface area (Å²) < 4.78 is 74.5. The van der Waals surface area contributed by atoms with Crippen LogP contribution >= 0.6 is 0 Å². The standard InChI is InChI=1S/C55H75F3N8O10/c1-11-44-54(8)48(66(52(71)76-54)24-13-12-23-64-31-42(60-32-64)39-15-14-22-59-29-39)35(4)45(67)33(2)28-53(7,72-10)49(36(5)46(68)37(6)50(70)74-44)75-51-47(69)43(27-34(3)73-51)63(9)25-21-41-30-65(62-61-41)26-20-38-16-18-40(19-17-38)55(56,57)58/h14-19,22,29-37,43-44,47-49,51,69H,11-13,20-21,23-28H2,1-10H3/t33-,34-,35+,36+,37-,43+,44-,47-,48+,49-,51+,53-,54-/m1/s1. The van der Waals surface area contributed by atoms with Gasteiger partial charge in [-0.05, 0) is 103 Å². The normalized spacial score (nSPS) is 31.0. The van der Waals surface area contributed by atoms with Crippen molar-refractivity contribution in [1.82, 2.24) is 39.3 Å². The van der Waals surface area contributed by atoms with Gasteiger partial charge in [-0.2, -0.15) is 13.2 Å². The number of halogens is 3. The smallest absolute Gasteiger partial charge is 0.416 e. The summed E-state index contributed by atoms with van der Waals surface area (Å²) in [5.41, 5.74) is -0.431. The molecule has 18 nitrogen and oxygen atoms in total. The summed E-state index contributed by atoms with van der Waals surface area (Å²) in [4.78, 5) is 70.1. The van der Waals surface area contributed by atoms with E-state index in [0.717, 1.165) is 29.0 Å². The van der Waals surface area contributed by atoms with Crippen molar-refractivity contribution in [1.29, 1.82) is 0 Å². The van der Waals surface area contributed by atoms with E-state index >= 15 is 0 Å². The molecule has 6 heterocycles. The van der Waals surface area contributed by atoms with E-state index < -0.39 is 107 Å². The van der Waals surface area contributed by atoms with Gasteiger partial charge in [0.15, 0.2) is 17.7 Å². The molecule has 1 amide bonds. The number of imidazole rings is 1. The number of fused-ring (bicyclic) bond motifs is 1. The predicted octanol–water partition coefficient (Wildman–Crippen LogP) is 7.40. The Labute approximate surface area is 442 Å². The van der Waals surface area contributed by atoms with Crippen molar-refractivity contribution in [2.75, 3.05) is 27.2 Å². The molecule has 0 aliphatic carbocycles. The quantitative estimate of drug-likeness (QED) is 0.0622. The number of amides is 1. The number of unbranched alkanes of at least 4 members (excludes halogenated alkanes) is 1. The van der Waals surface area contributed by atoms with Crippen LogP contribution in [0.5, 0.6) is 0 Å². The summed E-state index contributed by atoms with van der Waals surface area (Å²) in [5, 5.41) is 20.6. The molecule has 0 radical (unpaired) electrons. The number of hydrogen-bond donors (Lipinski definition) is 1. The van der Waals surface area contributed by atoms with Crippen LogP contribution in [0.2, 0.25) is 0 Å². The summed E-state index contributed by atoms with van der Waals surface area (Å²) in [6.45, 7) is 15.5. The predicted molar refractivity (Wildman–Crippen MR) is 272 cm³/mol. The van der Waals surface area contributed by atoms with Crippen molar-refractivity contribution in [2.45, 2.75) is 174 Å². The lowest BCUT2D eigenvalue weighted by Crippen LogP contribution is -2.60. The fourth-order valence-corrected chi connectivity index (χ4v) is 11.5. The first-order valence-corrected chi connectivity index (χ1v) is 26.5. The zero-order valence-electron chi connectivity index (χ0n) is 45.3. The van der Waals surface area contributed by atoms with Crippen molar-refractivity contribution in [3.05, 3.63) is 84.3 Å². The number of ketones is 2. The number of alkyl halides is 3. The minimum absolute atomic E-state index is 0.0574. The molecule has 416 valence electrons. The summed E-state index contributed by atoms with van der Waals surface area (Å²) in [6.07, 6.45) is 1.71. The Morgan fingerprint density at radius 2 is 1.66 bits per heavy atom. The molecule has 0 unspecified atom stereocenters. The van der Waals surface area contributed by atoms with Crippen molar-refractivity contribution >= 4 is 23.6 Å². The number of carbonyl (C=O) groups is 4. The molecule has 13 atom stereocenters. The third-order valence-corrected chi connectivity index (χ3v) is 15.9. The minimum Gasteiger partial charge on any atom is -0.458 e. The highest BCUT2D eigenvalue weighted by molar-refractivity contribution is 6.00. The molecule has 0 saturated carbocycles. The average Bonchev–Trinajstić information content (AvgIpc) is 4.17. The van der Waals surface area contributed by atoms with Crippen LogP contribution in [-0.4, -0.2) is 149 Å². The number of aliphatic hydroxyl groups is 1. The highest BCUT2D eigenvalue weighted by atomic mass is 19.4. The Kier molecular flexibility index (Phi) is 18.6. The van der Waals surface area contributed by atoms with Crippen molar-refractivity contribution in [3.63, 3.8) is 0 Å². The van der Waals surface area contributed by atoms with Gasteiger partial charge in [0.05, 0.1) is 47.1 Å². The van der Waals surface area contributed by atoms with Gasteiger partial charge in [0, 0.05) is 93.9 Å². The molecule has 3 fully saturated rings. The number of cyclic esters (lactones) is 1. The van der Waals surface area contributed by atoms with Gasteiger partial charge in [-0.25, -0.2) is 9.78 Å². The number of nitrogens with zero attached hydrogens (tertiary/aromatic N) is 8. The minimum atomic E-state index is -4.41. The van der Waals surface area contributed by atoms with Crippen LogP contribution in [0.15, 0.2) is 67.5 Å². The zero-order chi connectivity index (χ0) is 55.3. The highest BCUT2D eigenvalue weighted by Crippen LogP contribution is 2.43. The van der Waals surface area contributed by atoms with Gasteiger partial charge in [-0.1, -0.05) is 45.0 Å². The van der Waals surface area contributed by atoms with Crippen molar-refractivity contribution in [3.8, 4) is 11.3 Å². The lowest BCUT2D eigenvalue weighted by atomic mass is 9.73. The largest absolute Gasteiger partial charge is 0.458 e. The molecule has 76 heavy (non-hydrogen) atoms. The summed E-state index contributed by atoms with van der Waals surface area (Å²) in [6, 6.07) is 7.50. The summed E-state index contributed by atoms with van der Waals surface area (Å²) in [5.74, 6) is -5.42. The molecule has 3 saturated heterocycles. The third-order valence-electron chi connectivity index (χ3n) is 15.9. The molecule has 1 aromatic carbocycles. The first-order chi connectivity index (χ1) is 36.0. The molecular weight excluding hydrogens is 990 g/mol. The van der Waals surface area contributed by atoms with Crippen molar-refractivity contribution in [2.24, 2.45) is 23.7 Å². The van der Waals surface area contributed by atoms with Crippen molar-refractivity contribution < 1.29 is 61.1 Å². The van der Waals surface area contributed by atoms with Gasteiger partial charge in [-0.3, -0.25) is 24.0 Å². The van der Waals surface area contributed by atoms with Gasteiger partial charge in [-0.15, -0.1) is 5.10 Å². The second-order valence-corrected chi connectivity index (χ2v) is 21.5. The molecule has 1 N–H and O–H groups in total. The second-order valence-electron chi connectivity index (χ2n) is 21.5. The molecule has 0 spiro atoms. The summed E-state index contributed by atoms with van der Waals surface area (Å²) in [7, 11) is 3.33. The van der Waals surface area contributed by atoms with Gasteiger partial charge < -0.3 is 43.2 Å². The first-order valence-electron chi connectivity index (χ1n) is 26.5. The fourth-order valence-electron chi connectivity index (χ4n) is 11.5. The number of Topliss-reactive ketones (excluding diaryl/α,β-unsaturated/α-hetero) is 2. The maximum atomic E-state index is 15.0. The Morgan fingerprint density at radius 3 is 2.33 bits per heavy atom. The highest BCUT2D eigenvalue weighted by Gasteiger charge is 2.60. The van der Waals surface area contributed by atoms with E-state index in [9.17, 15) is 37.5 Å². The number of benzene rings is 1. The Morgan fingerprint density at radius 1 is 0.934 bits per heavy atom. The zero-order valence-corrected chi connectivity index (χ0v) is 45.3. The molecule has 3 aromatic heterocycles. The fraction of sp³-hybridized carbons (Fsp3) is 0.636. The number of aromatic nitrogens is 6. The molecule has 3 aliphatic heterocycles. The number of aliphatic hydroxyl groups excluding tert-OH is 1. The van der Waals surface area contributed by atoms with Gasteiger partial charge in [0.25, 0.3) is 0 Å². The SMILES string of the molecule is CC[C@H]1OC(=O)[C@H](C)C(=O)[C@H](C)[C@@H](O[C@@H]2O[C@H](C)C[C@H](N(C)CCc3cn(CCc4ccc(C(F)(F)F)cc4)nn3)[C@H]2O)[C@](C)(OC)C[C@@H](C)C(=O)[C@H](C)[C@@H]2N(CCCCn3cnc(-c4cccnc4)c3)C(=O)O[C@@]21C. The number of rotatable bonds is 17. The van der Waals surface area contributed by atoms with E-state index in [0.29, 0.717) is 57.4 Å². The van der Waals surface area contributed by atoms with Crippen LogP contribution in [0, 0.1) is 23.7 Å². The number of aryl methyl sites for hydroxylation is 3. The summed E-state index contributed by atoms with van der Waals surface area (Å²) >= 11 is 0. The number of carbonyl (C=O) groups excluding carboxylic acids is 4. The van der Waals surface area contributed by atoms with Crippen LogP contribution in [-0.2, 0) is 70.2 Å². The Balaban J connectivity index is 1.05. The number of pyridine rings is 1. The third kappa shape index (κ3) is 13.0. The van der Waals surface area contributed by atoms with E-state index in [4.69, 9.17) is 23.7 Å². The molecule has 7 rings (SSSR count). The van der Waals surface area contributed by atoms with E-state index in [1.807, 2.05) is 41.8 Å². The Bertz CT molecular complexity index is 2600. The van der Waals surface area contributed by atoms with Gasteiger partial charge in [0.1, 0.15) is 23.9 Å².